The number of hydrogen-bond donors (Lipinski definition) is 0. The van der Waals surface area contributed by atoms with Crippen LogP contribution < -0.4 is 0 Å². The van der Waals surface area contributed by atoms with Crippen LogP contribution >= 0.6 is 0 Å². The average Bonchev–Trinajstić information content (AvgIpc) is 3.76. The fourth-order valence-electron chi connectivity index (χ4n) is 12.2. The number of rotatable bonds is 5. The minimum atomic E-state index is -0.0427. The van der Waals surface area contributed by atoms with Gasteiger partial charge in [0.2, 0.25) is 0 Å². The van der Waals surface area contributed by atoms with E-state index in [1.807, 2.05) is 0 Å². The number of aromatic nitrogens is 2. The third-order valence-corrected chi connectivity index (χ3v) is 14.2. The molecule has 9 aromatic rings. The summed E-state index contributed by atoms with van der Waals surface area (Å²) in [4.78, 5) is 3.78. The highest BCUT2D eigenvalue weighted by molar-refractivity contribution is 6.13. The summed E-state index contributed by atoms with van der Waals surface area (Å²) in [5.74, 6) is 2.97. The Kier molecular flexibility index (Phi) is 6.88. The molecule has 4 aliphatic carbocycles. The van der Waals surface area contributed by atoms with E-state index in [9.17, 15) is 0 Å². The molecule has 2 aromatic heterocycles. The topological polar surface area (TPSA) is 14.2 Å². The molecule has 0 atom stereocenters. The van der Waals surface area contributed by atoms with Crippen molar-refractivity contribution in [1.29, 1.82) is 0 Å². The number of fused-ring (bicyclic) bond motifs is 6. The maximum Gasteiger partial charge on any atom is 0.187 e. The van der Waals surface area contributed by atoms with Gasteiger partial charge in [-0.1, -0.05) is 97.1 Å². The summed E-state index contributed by atoms with van der Waals surface area (Å²) in [6.45, 7) is 7.68. The molecular weight excluding hydrogens is 679 g/mol. The summed E-state index contributed by atoms with van der Waals surface area (Å²) in [6.07, 6.45) is 6.68. The van der Waals surface area contributed by atoms with Gasteiger partial charge in [0.25, 0.3) is 0 Å². The van der Waals surface area contributed by atoms with Crippen molar-refractivity contribution in [2.75, 3.05) is 0 Å². The second kappa shape index (κ2) is 12.1. The second-order valence-corrected chi connectivity index (χ2v) is 16.9. The molecule has 0 unspecified atom stereocenters. The number of nitrogens with zero attached hydrogens (tertiary/aromatic N) is 3. The van der Waals surface area contributed by atoms with Gasteiger partial charge in [0.05, 0.1) is 28.6 Å². The number of para-hydroxylation sites is 3. The van der Waals surface area contributed by atoms with Gasteiger partial charge >= 0.3 is 0 Å². The molecule has 4 saturated carbocycles. The van der Waals surface area contributed by atoms with Crippen LogP contribution in [0, 0.1) is 30.2 Å². The van der Waals surface area contributed by atoms with E-state index < -0.39 is 0 Å². The van der Waals surface area contributed by atoms with Gasteiger partial charge < -0.3 is 9.13 Å². The molecule has 0 radical (unpaired) electrons. The lowest BCUT2D eigenvalue weighted by Gasteiger charge is -2.62. The Morgan fingerprint density at radius 1 is 0.429 bits per heavy atom. The van der Waals surface area contributed by atoms with Gasteiger partial charge in [-0.3, -0.25) is 0 Å². The lowest BCUT2D eigenvalue weighted by molar-refractivity contribution is -0.0417. The van der Waals surface area contributed by atoms with Gasteiger partial charge in [-0.2, -0.15) is 0 Å². The highest BCUT2D eigenvalue weighted by atomic mass is 15.0. The number of benzene rings is 7. The lowest BCUT2D eigenvalue weighted by Crippen LogP contribution is -2.56. The molecule has 56 heavy (non-hydrogen) atoms. The van der Waals surface area contributed by atoms with Crippen LogP contribution in [0.2, 0.25) is 0 Å². The maximum absolute atomic E-state index is 7.68. The Labute approximate surface area is 327 Å². The summed E-state index contributed by atoms with van der Waals surface area (Å²) >= 11 is 0. The Balaban J connectivity index is 1.08. The van der Waals surface area contributed by atoms with Crippen LogP contribution in [-0.4, -0.2) is 9.13 Å². The molecule has 0 spiro atoms. The zero-order chi connectivity index (χ0) is 37.0. The number of hydrogen-bond acceptors (Lipinski definition) is 0. The molecule has 0 amide bonds. The molecule has 0 aliphatic heterocycles. The Hall–Kier alpha value is -6.37. The predicted molar refractivity (Wildman–Crippen MR) is 231 cm³/mol. The first kappa shape index (κ1) is 31.9. The van der Waals surface area contributed by atoms with Crippen LogP contribution in [0.1, 0.15) is 43.2 Å². The van der Waals surface area contributed by atoms with Gasteiger partial charge in [0.1, 0.15) is 0 Å². The molecule has 13 rings (SSSR count). The van der Waals surface area contributed by atoms with E-state index in [-0.39, 0.29) is 5.41 Å². The first-order valence-corrected chi connectivity index (χ1v) is 20.4. The fourth-order valence-corrected chi connectivity index (χ4v) is 12.2. The zero-order valence-electron chi connectivity index (χ0n) is 31.3. The van der Waals surface area contributed by atoms with Crippen molar-refractivity contribution in [3.63, 3.8) is 0 Å². The summed E-state index contributed by atoms with van der Waals surface area (Å²) in [5, 5.41) is 5.14. The first-order valence-electron chi connectivity index (χ1n) is 20.4. The zero-order valence-corrected chi connectivity index (χ0v) is 31.3. The highest BCUT2D eigenvalue weighted by Gasteiger charge is 2.58. The Morgan fingerprint density at radius 2 is 0.893 bits per heavy atom. The summed E-state index contributed by atoms with van der Waals surface area (Å²) in [5.41, 5.74) is 13.3. The molecule has 3 nitrogen and oxygen atoms in total. The second-order valence-electron chi connectivity index (χ2n) is 16.9. The molecule has 268 valence electrons. The molecule has 0 N–H and O–H groups in total. The van der Waals surface area contributed by atoms with E-state index in [2.05, 4.69) is 178 Å². The van der Waals surface area contributed by atoms with Crippen molar-refractivity contribution in [3.8, 4) is 22.5 Å². The maximum atomic E-state index is 7.68. The molecule has 4 bridgehead atoms. The minimum Gasteiger partial charge on any atom is -0.309 e. The molecule has 0 saturated heterocycles. The van der Waals surface area contributed by atoms with Crippen molar-refractivity contribution in [3.05, 3.63) is 186 Å². The van der Waals surface area contributed by atoms with Gasteiger partial charge in [-0.05, 0) is 145 Å². The van der Waals surface area contributed by atoms with E-state index in [1.54, 1.807) is 0 Å². The van der Waals surface area contributed by atoms with Crippen LogP contribution in [0.5, 0.6) is 0 Å². The van der Waals surface area contributed by atoms with E-state index in [0.717, 1.165) is 17.5 Å². The van der Waals surface area contributed by atoms with Crippen molar-refractivity contribution in [2.24, 2.45) is 23.7 Å². The third kappa shape index (κ3) is 4.50. The average molecular weight is 720 g/mol. The predicted octanol–water partition coefficient (Wildman–Crippen LogP) is 13.8. The molecule has 2 heterocycles. The van der Waals surface area contributed by atoms with Crippen LogP contribution in [0.15, 0.2) is 164 Å². The van der Waals surface area contributed by atoms with Gasteiger partial charge in [0, 0.05) is 38.3 Å². The van der Waals surface area contributed by atoms with E-state index in [4.69, 9.17) is 6.57 Å². The first-order chi connectivity index (χ1) is 27.7. The van der Waals surface area contributed by atoms with Crippen molar-refractivity contribution in [1.82, 2.24) is 9.13 Å². The van der Waals surface area contributed by atoms with Gasteiger partial charge in [-0.25, -0.2) is 4.85 Å². The van der Waals surface area contributed by atoms with Crippen LogP contribution in [0.3, 0.4) is 0 Å². The summed E-state index contributed by atoms with van der Waals surface area (Å²) in [6, 6.07) is 60.7. The quantitative estimate of drug-likeness (QED) is 0.157. The minimum absolute atomic E-state index is 0.0427. The third-order valence-electron chi connectivity index (χ3n) is 14.2. The van der Waals surface area contributed by atoms with Crippen LogP contribution in [0.25, 0.3) is 71.0 Å². The van der Waals surface area contributed by atoms with Crippen LogP contribution in [-0.2, 0) is 5.41 Å². The Morgan fingerprint density at radius 3 is 1.46 bits per heavy atom. The van der Waals surface area contributed by atoms with Gasteiger partial charge in [-0.15, -0.1) is 0 Å². The summed E-state index contributed by atoms with van der Waals surface area (Å²) in [7, 11) is 0. The van der Waals surface area contributed by atoms with E-state index in [0.29, 0.717) is 11.8 Å². The lowest BCUT2D eigenvalue weighted by atomic mass is 9.42. The summed E-state index contributed by atoms with van der Waals surface area (Å²) < 4.78 is 4.85. The van der Waals surface area contributed by atoms with Crippen molar-refractivity contribution >= 4 is 49.3 Å². The molecule has 3 heteroatoms. The highest BCUT2D eigenvalue weighted by Crippen LogP contribution is 2.65. The monoisotopic (exact) mass is 719 g/mol. The van der Waals surface area contributed by atoms with E-state index >= 15 is 0 Å². The smallest absolute Gasteiger partial charge is 0.187 e. The standard InChI is InChI=1S/C53H41N3/c1-54-42-21-18-38(19-22-42)53(40-27-34-26-35(29-40)30-41(53)28-34)39-20-25-52-48(33-39)47-32-37(17-24-51(47)56(52)44-12-6-3-7-13-44)36-16-23-50-46(31-36)45-14-8-9-15-49(45)55(50)43-10-4-2-5-11-43/h2-25,31-35,40-41H,26-30H2. The van der Waals surface area contributed by atoms with E-state index in [1.165, 1.54) is 109 Å². The SMILES string of the molecule is [C-]#[N+]c1ccc(C2(c3ccc4c(c3)c3cc(-c5ccc6c(c5)c5ccccc5n6-c5ccccc5)ccc3n4-c3ccccc3)C3CC4CC(C3)CC2C4)cc1. The molecule has 4 aliphatic rings. The largest absolute Gasteiger partial charge is 0.309 e. The fraction of sp³-hybridized carbons (Fsp3) is 0.189. The van der Waals surface area contributed by atoms with Gasteiger partial charge in [0.15, 0.2) is 5.69 Å². The Bertz CT molecular complexity index is 3000. The van der Waals surface area contributed by atoms with Crippen molar-refractivity contribution in [2.45, 2.75) is 37.5 Å². The molecule has 7 aromatic carbocycles. The van der Waals surface area contributed by atoms with Crippen LogP contribution in [0.4, 0.5) is 5.69 Å². The molecular formula is C53H41N3. The van der Waals surface area contributed by atoms with Crippen molar-refractivity contribution < 1.29 is 0 Å². The normalized spacial score (nSPS) is 22.7. The molecule has 4 fully saturated rings.